The van der Waals surface area contributed by atoms with E-state index in [2.05, 4.69) is 46.8 Å². The number of halogens is 1. The second-order valence-corrected chi connectivity index (χ2v) is 8.36. The van der Waals surface area contributed by atoms with Crippen molar-refractivity contribution < 1.29 is 18.3 Å². The number of hydrogen-bond acceptors (Lipinski definition) is 8. The molecule has 0 unspecified atom stereocenters. The molecule has 0 aliphatic heterocycles. The Kier molecular flexibility index (Phi) is 5.64. The van der Waals surface area contributed by atoms with Gasteiger partial charge in [0.2, 0.25) is 11.7 Å². The van der Waals surface area contributed by atoms with Gasteiger partial charge >= 0.3 is 0 Å². The Balaban J connectivity index is 1.63. The molecule has 1 aliphatic rings. The van der Waals surface area contributed by atoms with E-state index in [1.165, 1.54) is 0 Å². The quantitative estimate of drug-likeness (QED) is 0.170. The zero-order valence-corrected chi connectivity index (χ0v) is 16.4. The molecule has 0 atom stereocenters. The third-order valence-corrected chi connectivity index (χ3v) is 5.22. The number of anilines is 2. The molecule has 1 aromatic carbocycles. The van der Waals surface area contributed by atoms with Crippen LogP contribution < -0.4 is 20.5 Å². The fraction of sp³-hybridized carbons (Fsp3) is 0.357. The van der Waals surface area contributed by atoms with Crippen LogP contribution in [0.5, 0.6) is 0 Å². The summed E-state index contributed by atoms with van der Waals surface area (Å²) >= 11 is 3.36. The van der Waals surface area contributed by atoms with Crippen molar-refractivity contribution in [2.24, 2.45) is 10.3 Å². The van der Waals surface area contributed by atoms with Gasteiger partial charge in [0.05, 0.1) is 0 Å². The smallest absolute Gasteiger partial charge is 0.274 e. The fourth-order valence-electron chi connectivity index (χ4n) is 2.57. The van der Waals surface area contributed by atoms with Gasteiger partial charge < -0.3 is 15.8 Å². The molecular formula is C14H18BrN7O4S. The van der Waals surface area contributed by atoms with Crippen LogP contribution in [0, 0.1) is 0 Å². The zero-order chi connectivity index (χ0) is 19.5. The molecular weight excluding hydrogens is 442 g/mol. The Morgan fingerprint density at radius 2 is 2.19 bits per heavy atom. The van der Waals surface area contributed by atoms with Gasteiger partial charge in [0, 0.05) is 22.2 Å². The monoisotopic (exact) mass is 459 g/mol. The van der Waals surface area contributed by atoms with Crippen molar-refractivity contribution in [1.29, 1.82) is 0 Å². The summed E-state index contributed by atoms with van der Waals surface area (Å²) in [7, 11) is -3.76. The molecule has 27 heavy (non-hydrogen) atoms. The third-order valence-electron chi connectivity index (χ3n) is 4.01. The number of benzene rings is 1. The highest BCUT2D eigenvalue weighted by Crippen LogP contribution is 2.39. The first-order chi connectivity index (χ1) is 12.8. The Bertz CT molecular complexity index is 942. The van der Waals surface area contributed by atoms with Crippen molar-refractivity contribution in [1.82, 2.24) is 15.0 Å². The number of nitrogens with zero attached hydrogens (tertiary/aromatic N) is 3. The molecule has 0 bridgehead atoms. The van der Waals surface area contributed by atoms with E-state index >= 15 is 0 Å². The van der Waals surface area contributed by atoms with Crippen molar-refractivity contribution in [3.63, 3.8) is 0 Å². The molecule has 1 heterocycles. The maximum absolute atomic E-state index is 11.2. The van der Waals surface area contributed by atoms with Crippen LogP contribution in [0.2, 0.25) is 0 Å². The van der Waals surface area contributed by atoms with E-state index in [1.807, 2.05) is 12.1 Å². The van der Waals surface area contributed by atoms with Gasteiger partial charge in [-0.1, -0.05) is 27.2 Å². The second kappa shape index (κ2) is 7.80. The number of nitrogens with one attached hydrogen (secondary N) is 3. The molecule has 3 rings (SSSR count). The van der Waals surface area contributed by atoms with Gasteiger partial charge in [-0.3, -0.25) is 0 Å². The van der Waals surface area contributed by atoms with Crippen molar-refractivity contribution in [3.8, 4) is 0 Å². The van der Waals surface area contributed by atoms with E-state index in [0.717, 1.165) is 4.47 Å². The molecule has 0 spiro atoms. The molecule has 1 saturated carbocycles. The number of hydrogen-bond donors (Lipinski definition) is 5. The minimum atomic E-state index is -3.76. The Labute approximate surface area is 163 Å². The molecule has 0 amide bonds. The van der Waals surface area contributed by atoms with E-state index in [4.69, 9.17) is 9.77 Å². The first-order valence-electron chi connectivity index (χ1n) is 7.93. The van der Waals surface area contributed by atoms with Crippen LogP contribution in [-0.2, 0) is 10.2 Å². The number of rotatable bonds is 8. The van der Waals surface area contributed by atoms with Crippen LogP contribution in [-0.4, -0.2) is 41.9 Å². The van der Waals surface area contributed by atoms with E-state index in [1.54, 1.807) is 12.1 Å². The van der Waals surface area contributed by atoms with Crippen LogP contribution in [0.25, 0.3) is 0 Å². The van der Waals surface area contributed by atoms with Gasteiger partial charge in [0.25, 0.3) is 10.2 Å². The van der Waals surface area contributed by atoms with Crippen LogP contribution in [0.4, 0.5) is 11.5 Å². The largest absolute Gasteiger partial charge is 0.409 e. The van der Waals surface area contributed by atoms with Crippen molar-refractivity contribution in [2.45, 2.75) is 24.8 Å². The van der Waals surface area contributed by atoms with Gasteiger partial charge in [-0.05, 0) is 47.8 Å². The van der Waals surface area contributed by atoms with Gasteiger partial charge in [-0.15, -0.1) is 0 Å². The fourth-order valence-corrected chi connectivity index (χ4v) is 3.88. The van der Waals surface area contributed by atoms with Gasteiger partial charge in [0.1, 0.15) is 0 Å². The summed E-state index contributed by atoms with van der Waals surface area (Å²) in [6, 6.07) is 7.25. The van der Waals surface area contributed by atoms with Gasteiger partial charge in [-0.25, -0.2) is 9.77 Å². The molecule has 0 radical (unpaired) electrons. The summed E-state index contributed by atoms with van der Waals surface area (Å²) in [6.45, 7) is 0.388. The SMILES string of the molecule is NS(=O)(=O)NC1(CCNc2nonc2C(=NO)Nc2cccc(Br)c2)CC1. The number of oxime groups is 1. The van der Waals surface area contributed by atoms with Gasteiger partial charge in [0.15, 0.2) is 5.69 Å². The summed E-state index contributed by atoms with van der Waals surface area (Å²) < 4.78 is 30.4. The van der Waals surface area contributed by atoms with E-state index in [0.29, 0.717) is 31.5 Å². The molecule has 1 aliphatic carbocycles. The second-order valence-electron chi connectivity index (χ2n) is 6.15. The average Bonchev–Trinajstić information content (AvgIpc) is 3.16. The van der Waals surface area contributed by atoms with Crippen molar-refractivity contribution in [2.75, 3.05) is 17.2 Å². The predicted octanol–water partition coefficient (Wildman–Crippen LogP) is 1.21. The molecule has 13 heteroatoms. The van der Waals surface area contributed by atoms with Gasteiger partial charge in [-0.2, -0.15) is 13.1 Å². The van der Waals surface area contributed by atoms with E-state index < -0.39 is 15.7 Å². The minimum absolute atomic E-state index is 0.0423. The summed E-state index contributed by atoms with van der Waals surface area (Å²) in [4.78, 5) is 0. The lowest BCUT2D eigenvalue weighted by Gasteiger charge is -2.15. The van der Waals surface area contributed by atoms with Crippen molar-refractivity contribution in [3.05, 3.63) is 34.4 Å². The normalized spacial score (nSPS) is 16.1. The van der Waals surface area contributed by atoms with E-state index in [9.17, 15) is 13.6 Å². The van der Waals surface area contributed by atoms with Crippen LogP contribution in [0.15, 0.2) is 38.5 Å². The lowest BCUT2D eigenvalue weighted by molar-refractivity contribution is 0.305. The standard InChI is InChI=1S/C14H18BrN7O4S/c15-9-2-1-3-10(8-9)18-13(19-23)11-12(21-26-20-11)17-7-6-14(4-5-14)22-27(16,24)25/h1-3,8,22-23H,4-7H2,(H,17,21)(H,18,19)(H2,16,24,25). The maximum Gasteiger partial charge on any atom is 0.274 e. The maximum atomic E-state index is 11.2. The molecule has 1 aromatic heterocycles. The lowest BCUT2D eigenvalue weighted by atomic mass is 10.2. The highest BCUT2D eigenvalue weighted by Gasteiger charge is 2.44. The molecule has 1 fully saturated rings. The first kappa shape index (κ1) is 19.5. The van der Waals surface area contributed by atoms with E-state index in [-0.39, 0.29) is 17.3 Å². The summed E-state index contributed by atoms with van der Waals surface area (Å²) in [5.74, 6) is 0.303. The van der Waals surface area contributed by atoms with Crippen LogP contribution >= 0.6 is 15.9 Å². The average molecular weight is 460 g/mol. The third kappa shape index (κ3) is 5.38. The molecule has 11 nitrogen and oxygen atoms in total. The van der Waals surface area contributed by atoms with Crippen molar-refractivity contribution >= 4 is 43.5 Å². The Morgan fingerprint density at radius 3 is 2.81 bits per heavy atom. The molecule has 2 aromatic rings. The molecule has 6 N–H and O–H groups in total. The summed E-state index contributed by atoms with van der Waals surface area (Å²) in [5, 5.41) is 31.0. The minimum Gasteiger partial charge on any atom is -0.409 e. The lowest BCUT2D eigenvalue weighted by Crippen LogP contribution is -2.42. The number of amidine groups is 1. The Hall–Kier alpha value is -2.22. The first-order valence-corrected chi connectivity index (χ1v) is 10.3. The summed E-state index contributed by atoms with van der Waals surface area (Å²) in [6.07, 6.45) is 1.92. The highest BCUT2D eigenvalue weighted by atomic mass is 79.9. The Morgan fingerprint density at radius 1 is 1.41 bits per heavy atom. The number of aromatic nitrogens is 2. The highest BCUT2D eigenvalue weighted by molar-refractivity contribution is 9.10. The van der Waals surface area contributed by atoms with Crippen LogP contribution in [0.1, 0.15) is 25.0 Å². The molecule has 146 valence electrons. The zero-order valence-electron chi connectivity index (χ0n) is 14.0. The molecule has 0 saturated heterocycles. The number of nitrogens with two attached hydrogens (primary N) is 1. The summed E-state index contributed by atoms with van der Waals surface area (Å²) in [5.41, 5.74) is 0.322. The van der Waals surface area contributed by atoms with Crippen LogP contribution in [0.3, 0.4) is 0 Å². The predicted molar refractivity (Wildman–Crippen MR) is 102 cm³/mol. The topological polar surface area (TPSA) is 168 Å².